The van der Waals surface area contributed by atoms with E-state index < -0.39 is 32.8 Å². The van der Waals surface area contributed by atoms with Crippen molar-refractivity contribution in [1.29, 1.82) is 0 Å². The molecule has 0 aromatic carbocycles. The Morgan fingerprint density at radius 3 is 2.55 bits per heavy atom. The number of hydrogen-bond acceptors (Lipinski definition) is 4. The lowest BCUT2D eigenvalue weighted by Gasteiger charge is -2.11. The van der Waals surface area contributed by atoms with E-state index in [0.29, 0.717) is 6.54 Å². The first-order valence-corrected chi connectivity index (χ1v) is 9.14. The number of aromatic carboxylic acids is 1. The molecule has 0 amide bonds. The fourth-order valence-corrected chi connectivity index (χ4v) is 3.97. The molecule has 0 saturated carbocycles. The van der Waals surface area contributed by atoms with Crippen molar-refractivity contribution in [2.45, 2.75) is 31.3 Å². The van der Waals surface area contributed by atoms with Crippen molar-refractivity contribution in [2.75, 3.05) is 12.0 Å². The number of hydrogen-bond donors (Lipinski definition) is 2. The van der Waals surface area contributed by atoms with Crippen LogP contribution >= 0.6 is 0 Å². The van der Waals surface area contributed by atoms with Crippen molar-refractivity contribution < 1.29 is 22.5 Å². The van der Waals surface area contributed by atoms with Gasteiger partial charge in [-0.25, -0.2) is 17.9 Å². The Morgan fingerprint density at radius 1 is 1.55 bits per heavy atom. The Hall–Kier alpha value is -1.19. The highest BCUT2D eigenvalue weighted by Crippen LogP contribution is 2.15. The summed E-state index contributed by atoms with van der Waals surface area (Å²) in [6, 6.07) is 0.619. The summed E-state index contributed by atoms with van der Waals surface area (Å²) in [6.07, 6.45) is 2.77. The highest BCUT2D eigenvalue weighted by atomic mass is 32.2. The molecule has 0 bridgehead atoms. The molecular weight excluding hydrogens is 304 g/mol. The molecule has 1 heterocycles. The van der Waals surface area contributed by atoms with Gasteiger partial charge in [-0.15, -0.1) is 0 Å². The molecule has 7 nitrogen and oxygen atoms in total. The molecule has 0 saturated heterocycles. The highest BCUT2D eigenvalue weighted by molar-refractivity contribution is 7.89. The second-order valence-electron chi connectivity index (χ2n) is 4.41. The van der Waals surface area contributed by atoms with Crippen LogP contribution in [0, 0.1) is 0 Å². The predicted molar refractivity (Wildman–Crippen MR) is 75.8 cm³/mol. The van der Waals surface area contributed by atoms with Crippen molar-refractivity contribution in [1.82, 2.24) is 9.29 Å². The van der Waals surface area contributed by atoms with Crippen LogP contribution in [0.1, 0.15) is 24.3 Å². The molecule has 1 aromatic heterocycles. The Bertz CT molecular complexity index is 621. The van der Waals surface area contributed by atoms with E-state index >= 15 is 0 Å². The fourth-order valence-electron chi connectivity index (χ4n) is 1.79. The van der Waals surface area contributed by atoms with E-state index in [1.807, 2.05) is 0 Å². The van der Waals surface area contributed by atoms with Crippen LogP contribution < -0.4 is 4.72 Å². The zero-order valence-corrected chi connectivity index (χ0v) is 13.1. The van der Waals surface area contributed by atoms with Crippen LogP contribution in [0.2, 0.25) is 0 Å². The molecule has 0 radical (unpaired) electrons. The van der Waals surface area contributed by atoms with Crippen LogP contribution in [0.15, 0.2) is 17.2 Å². The normalized spacial score (nSPS) is 14.9. The number of carboxylic acid groups (broad SMARTS) is 1. The van der Waals surface area contributed by atoms with E-state index in [1.165, 1.54) is 17.0 Å². The predicted octanol–water partition coefficient (Wildman–Crippen LogP) is 0.251. The van der Waals surface area contributed by atoms with Gasteiger partial charge in [-0.3, -0.25) is 4.21 Å². The molecule has 0 aliphatic heterocycles. The number of aromatic nitrogens is 1. The van der Waals surface area contributed by atoms with Crippen LogP contribution in [0.25, 0.3) is 0 Å². The third kappa shape index (κ3) is 4.15. The largest absolute Gasteiger partial charge is 0.477 e. The van der Waals surface area contributed by atoms with Crippen LogP contribution in [-0.4, -0.2) is 46.3 Å². The van der Waals surface area contributed by atoms with Gasteiger partial charge in [0.15, 0.2) is 0 Å². The van der Waals surface area contributed by atoms with Gasteiger partial charge in [0.1, 0.15) is 10.6 Å². The van der Waals surface area contributed by atoms with Gasteiger partial charge in [-0.05, 0) is 19.9 Å². The number of carbonyl (C=O) groups is 1. The van der Waals surface area contributed by atoms with Crippen LogP contribution in [0.3, 0.4) is 0 Å². The number of rotatable bonds is 7. The van der Waals surface area contributed by atoms with E-state index in [-0.39, 0.29) is 16.3 Å². The first-order valence-electron chi connectivity index (χ1n) is 5.93. The minimum absolute atomic E-state index is 0.0837. The number of sulfonamides is 1. The van der Waals surface area contributed by atoms with Crippen molar-refractivity contribution in [3.63, 3.8) is 0 Å². The van der Waals surface area contributed by atoms with Crippen molar-refractivity contribution in [3.8, 4) is 0 Å². The Kier molecular flexibility index (Phi) is 5.49. The summed E-state index contributed by atoms with van der Waals surface area (Å²) >= 11 is 0. The van der Waals surface area contributed by atoms with E-state index in [0.717, 1.165) is 6.07 Å². The molecule has 114 valence electrons. The first-order chi connectivity index (χ1) is 9.17. The number of aryl methyl sites for hydroxylation is 1. The molecule has 2 atom stereocenters. The summed E-state index contributed by atoms with van der Waals surface area (Å²) < 4.78 is 39.0. The minimum Gasteiger partial charge on any atom is -0.477 e. The van der Waals surface area contributed by atoms with Gasteiger partial charge in [-0.2, -0.15) is 0 Å². The Labute approximate surface area is 120 Å². The SMILES string of the molecule is CCn1cc(S(=O)(=O)NC(C)CS(C)=O)cc1C(=O)O. The number of nitrogens with one attached hydrogen (secondary N) is 1. The van der Waals surface area contributed by atoms with Gasteiger partial charge in [0.25, 0.3) is 0 Å². The minimum atomic E-state index is -3.82. The maximum atomic E-state index is 12.1. The monoisotopic (exact) mass is 322 g/mol. The van der Waals surface area contributed by atoms with Gasteiger partial charge < -0.3 is 9.67 Å². The fraction of sp³-hybridized carbons (Fsp3) is 0.545. The quantitative estimate of drug-likeness (QED) is 0.748. The summed E-state index contributed by atoms with van der Waals surface area (Å²) in [4.78, 5) is 10.9. The number of carboxylic acids is 1. The van der Waals surface area contributed by atoms with Crippen LogP contribution in [0.4, 0.5) is 0 Å². The summed E-state index contributed by atoms with van der Waals surface area (Å²) in [5.41, 5.74) is -0.0837. The maximum Gasteiger partial charge on any atom is 0.352 e. The Balaban J connectivity index is 3.04. The van der Waals surface area contributed by atoms with Gasteiger partial charge in [0, 0.05) is 41.6 Å². The standard InChI is InChI=1S/C11H18N2O5S2/c1-4-13-6-9(5-10(13)11(14)15)20(17,18)12-8(2)7-19(3)16/h5-6,8,12H,4,7H2,1-3H3,(H,14,15). The van der Waals surface area contributed by atoms with E-state index in [9.17, 15) is 17.4 Å². The molecular formula is C11H18N2O5S2. The van der Waals surface area contributed by atoms with E-state index in [2.05, 4.69) is 4.72 Å². The average molecular weight is 322 g/mol. The number of nitrogens with zero attached hydrogens (tertiary/aromatic N) is 1. The maximum absolute atomic E-state index is 12.1. The molecule has 2 N–H and O–H groups in total. The average Bonchev–Trinajstić information content (AvgIpc) is 2.71. The molecule has 0 aliphatic rings. The van der Waals surface area contributed by atoms with Crippen molar-refractivity contribution >= 4 is 26.8 Å². The summed E-state index contributed by atoms with van der Waals surface area (Å²) in [7, 11) is -4.94. The van der Waals surface area contributed by atoms with Gasteiger partial charge in [0.2, 0.25) is 10.0 Å². The summed E-state index contributed by atoms with van der Waals surface area (Å²) in [5.74, 6) is -0.990. The lowest BCUT2D eigenvalue weighted by molar-refractivity contribution is 0.0685. The second-order valence-corrected chi connectivity index (χ2v) is 7.61. The third-order valence-corrected chi connectivity index (χ3v) is 5.11. The third-order valence-electron chi connectivity index (χ3n) is 2.58. The lowest BCUT2D eigenvalue weighted by atomic mass is 10.4. The molecule has 0 aliphatic carbocycles. The van der Waals surface area contributed by atoms with Crippen molar-refractivity contribution in [2.24, 2.45) is 0 Å². The van der Waals surface area contributed by atoms with Crippen LogP contribution in [0.5, 0.6) is 0 Å². The van der Waals surface area contributed by atoms with E-state index in [1.54, 1.807) is 13.8 Å². The van der Waals surface area contributed by atoms with Crippen molar-refractivity contribution in [3.05, 3.63) is 18.0 Å². The lowest BCUT2D eigenvalue weighted by Crippen LogP contribution is -2.36. The molecule has 1 rings (SSSR count). The zero-order valence-electron chi connectivity index (χ0n) is 11.5. The zero-order chi connectivity index (χ0) is 15.5. The second kappa shape index (κ2) is 6.51. The van der Waals surface area contributed by atoms with E-state index in [4.69, 9.17) is 5.11 Å². The summed E-state index contributed by atoms with van der Waals surface area (Å²) in [5, 5.41) is 9.00. The molecule has 0 spiro atoms. The molecule has 2 unspecified atom stereocenters. The van der Waals surface area contributed by atoms with Crippen LogP contribution in [-0.2, 0) is 27.4 Å². The topological polar surface area (TPSA) is 105 Å². The summed E-state index contributed by atoms with van der Waals surface area (Å²) in [6.45, 7) is 3.68. The highest BCUT2D eigenvalue weighted by Gasteiger charge is 2.22. The molecule has 0 fully saturated rings. The Morgan fingerprint density at radius 2 is 2.15 bits per heavy atom. The van der Waals surface area contributed by atoms with Gasteiger partial charge in [0.05, 0.1) is 0 Å². The smallest absolute Gasteiger partial charge is 0.352 e. The van der Waals surface area contributed by atoms with Gasteiger partial charge in [-0.1, -0.05) is 0 Å². The molecule has 20 heavy (non-hydrogen) atoms. The first kappa shape index (κ1) is 16.9. The van der Waals surface area contributed by atoms with Gasteiger partial charge >= 0.3 is 5.97 Å². The molecule has 9 heteroatoms. The molecule has 1 aromatic rings.